The highest BCUT2D eigenvalue weighted by molar-refractivity contribution is 9.10. The van der Waals surface area contributed by atoms with E-state index in [1.54, 1.807) is 0 Å². The summed E-state index contributed by atoms with van der Waals surface area (Å²) < 4.78 is 1.13. The smallest absolute Gasteiger partial charge is 0.222 e. The first-order chi connectivity index (χ1) is 10.1. The number of hydrogen-bond acceptors (Lipinski definition) is 2. The van der Waals surface area contributed by atoms with Gasteiger partial charge in [0.25, 0.3) is 0 Å². The third-order valence-electron chi connectivity index (χ3n) is 4.21. The van der Waals surface area contributed by atoms with Gasteiger partial charge in [-0.25, -0.2) is 0 Å². The molecule has 0 spiro atoms. The number of carbonyl (C=O) groups is 1. The van der Waals surface area contributed by atoms with E-state index in [0.29, 0.717) is 18.2 Å². The molecule has 1 aromatic carbocycles. The second-order valence-corrected chi connectivity index (χ2v) is 6.84. The van der Waals surface area contributed by atoms with Crippen molar-refractivity contribution < 1.29 is 4.79 Å². The molecule has 21 heavy (non-hydrogen) atoms. The first-order valence-corrected chi connectivity index (χ1v) is 8.57. The van der Waals surface area contributed by atoms with Crippen LogP contribution < -0.4 is 5.32 Å². The van der Waals surface area contributed by atoms with Crippen molar-refractivity contribution in [3.8, 4) is 0 Å². The molecule has 0 aliphatic carbocycles. The maximum absolute atomic E-state index is 12.4. The minimum atomic E-state index is 0.302. The molecular weight excluding hydrogens is 328 g/mol. The highest BCUT2D eigenvalue weighted by Crippen LogP contribution is 2.20. The number of rotatable bonds is 5. The molecule has 1 aromatic rings. The molecule has 1 fully saturated rings. The van der Waals surface area contributed by atoms with E-state index in [2.05, 4.69) is 51.3 Å². The second kappa shape index (κ2) is 7.95. The lowest BCUT2D eigenvalue weighted by atomic mass is 9.97. The SMILES string of the molecule is CNC[C@@H]1CCCN(C(=O)CCc2ccc(Br)c(C)c2)C1. The lowest BCUT2D eigenvalue weighted by molar-refractivity contribution is -0.132. The van der Waals surface area contributed by atoms with Gasteiger partial charge >= 0.3 is 0 Å². The third-order valence-corrected chi connectivity index (χ3v) is 5.10. The predicted molar refractivity (Wildman–Crippen MR) is 90.4 cm³/mol. The van der Waals surface area contributed by atoms with Gasteiger partial charge in [-0.05, 0) is 62.9 Å². The number of nitrogens with zero attached hydrogens (tertiary/aromatic N) is 1. The summed E-state index contributed by atoms with van der Waals surface area (Å²) >= 11 is 3.51. The first kappa shape index (κ1) is 16.5. The van der Waals surface area contributed by atoms with Crippen LogP contribution in [0, 0.1) is 12.8 Å². The molecule has 1 amide bonds. The summed E-state index contributed by atoms with van der Waals surface area (Å²) in [5, 5.41) is 3.22. The van der Waals surface area contributed by atoms with E-state index in [0.717, 1.165) is 36.9 Å². The zero-order valence-corrected chi connectivity index (χ0v) is 14.6. The minimum absolute atomic E-state index is 0.302. The molecule has 0 bridgehead atoms. The van der Waals surface area contributed by atoms with E-state index in [-0.39, 0.29) is 0 Å². The molecule has 3 nitrogen and oxygen atoms in total. The van der Waals surface area contributed by atoms with Gasteiger partial charge in [0.05, 0.1) is 0 Å². The quantitative estimate of drug-likeness (QED) is 0.882. The van der Waals surface area contributed by atoms with E-state index in [9.17, 15) is 4.79 Å². The van der Waals surface area contributed by atoms with Gasteiger partial charge < -0.3 is 10.2 Å². The zero-order valence-electron chi connectivity index (χ0n) is 13.0. The Bertz CT molecular complexity index is 488. The van der Waals surface area contributed by atoms with Crippen LogP contribution in [0.4, 0.5) is 0 Å². The summed E-state index contributed by atoms with van der Waals surface area (Å²) in [5.41, 5.74) is 2.47. The Balaban J connectivity index is 1.84. The van der Waals surface area contributed by atoms with E-state index in [1.165, 1.54) is 17.5 Å². The molecule has 1 N–H and O–H groups in total. The fourth-order valence-corrected chi connectivity index (χ4v) is 3.27. The molecular formula is C17H25BrN2O. The lowest BCUT2D eigenvalue weighted by Crippen LogP contribution is -2.42. The molecule has 1 atom stereocenters. The largest absolute Gasteiger partial charge is 0.342 e. The van der Waals surface area contributed by atoms with Crippen molar-refractivity contribution in [1.29, 1.82) is 0 Å². The van der Waals surface area contributed by atoms with Crippen molar-refractivity contribution in [2.24, 2.45) is 5.92 Å². The van der Waals surface area contributed by atoms with Gasteiger partial charge in [0.2, 0.25) is 5.91 Å². The first-order valence-electron chi connectivity index (χ1n) is 7.77. The van der Waals surface area contributed by atoms with E-state index in [4.69, 9.17) is 0 Å². The van der Waals surface area contributed by atoms with Crippen LogP contribution in [0.25, 0.3) is 0 Å². The Kier molecular flexibility index (Phi) is 6.24. The maximum atomic E-state index is 12.4. The Morgan fingerprint density at radius 2 is 2.29 bits per heavy atom. The number of piperidine rings is 1. The maximum Gasteiger partial charge on any atom is 0.222 e. The Hall–Kier alpha value is -0.870. The summed E-state index contributed by atoms with van der Waals surface area (Å²) in [6, 6.07) is 6.33. The van der Waals surface area contributed by atoms with Crippen LogP contribution in [0.5, 0.6) is 0 Å². The number of hydrogen-bond donors (Lipinski definition) is 1. The van der Waals surface area contributed by atoms with Crippen molar-refractivity contribution >= 4 is 21.8 Å². The summed E-state index contributed by atoms with van der Waals surface area (Å²) in [4.78, 5) is 14.4. The van der Waals surface area contributed by atoms with Crippen LogP contribution in [0.1, 0.15) is 30.4 Å². The molecule has 1 aliphatic rings. The highest BCUT2D eigenvalue weighted by Gasteiger charge is 2.22. The fraction of sp³-hybridized carbons (Fsp3) is 0.588. The number of nitrogens with one attached hydrogen (secondary N) is 1. The lowest BCUT2D eigenvalue weighted by Gasteiger charge is -2.32. The molecule has 2 rings (SSSR count). The molecule has 0 unspecified atom stereocenters. The number of benzene rings is 1. The summed E-state index contributed by atoms with van der Waals surface area (Å²) in [7, 11) is 1.98. The van der Waals surface area contributed by atoms with Crippen LogP contribution in [0.15, 0.2) is 22.7 Å². The van der Waals surface area contributed by atoms with Gasteiger partial charge in [-0.1, -0.05) is 28.1 Å². The van der Waals surface area contributed by atoms with E-state index >= 15 is 0 Å². The number of amides is 1. The van der Waals surface area contributed by atoms with Crippen molar-refractivity contribution in [3.63, 3.8) is 0 Å². The Morgan fingerprint density at radius 3 is 3.00 bits per heavy atom. The van der Waals surface area contributed by atoms with Gasteiger partial charge in [0.1, 0.15) is 0 Å². The molecule has 1 saturated heterocycles. The zero-order chi connectivity index (χ0) is 15.2. The van der Waals surface area contributed by atoms with E-state index < -0.39 is 0 Å². The monoisotopic (exact) mass is 352 g/mol. The number of carbonyl (C=O) groups excluding carboxylic acids is 1. The summed E-state index contributed by atoms with van der Waals surface area (Å²) in [6.45, 7) is 4.94. The van der Waals surface area contributed by atoms with Crippen molar-refractivity contribution in [2.45, 2.75) is 32.6 Å². The van der Waals surface area contributed by atoms with Gasteiger partial charge in [-0.3, -0.25) is 4.79 Å². The molecule has 4 heteroatoms. The van der Waals surface area contributed by atoms with Crippen LogP contribution in [0.3, 0.4) is 0 Å². The number of aryl methyl sites for hydroxylation is 2. The number of halogens is 1. The van der Waals surface area contributed by atoms with Crippen LogP contribution >= 0.6 is 15.9 Å². The van der Waals surface area contributed by atoms with Crippen LogP contribution in [-0.4, -0.2) is 37.5 Å². The topological polar surface area (TPSA) is 32.3 Å². The number of likely N-dealkylation sites (tertiary alicyclic amines) is 1. The van der Waals surface area contributed by atoms with Gasteiger partial charge in [-0.15, -0.1) is 0 Å². The molecule has 1 heterocycles. The van der Waals surface area contributed by atoms with Crippen LogP contribution in [0.2, 0.25) is 0 Å². The highest BCUT2D eigenvalue weighted by atomic mass is 79.9. The van der Waals surface area contributed by atoms with Crippen molar-refractivity contribution in [2.75, 3.05) is 26.7 Å². The second-order valence-electron chi connectivity index (χ2n) is 5.99. The molecule has 0 radical (unpaired) electrons. The molecule has 116 valence electrons. The average Bonchev–Trinajstić information content (AvgIpc) is 2.49. The molecule has 0 saturated carbocycles. The summed E-state index contributed by atoms with van der Waals surface area (Å²) in [5.74, 6) is 0.916. The van der Waals surface area contributed by atoms with Crippen LogP contribution in [-0.2, 0) is 11.2 Å². The third kappa shape index (κ3) is 4.82. The predicted octanol–water partition coefficient (Wildman–Crippen LogP) is 3.15. The van der Waals surface area contributed by atoms with Gasteiger partial charge in [0.15, 0.2) is 0 Å². The standard InChI is InChI=1S/C17H25BrN2O/c1-13-10-14(5-7-16(13)18)6-8-17(21)20-9-3-4-15(12-20)11-19-2/h5,7,10,15,19H,3-4,6,8-9,11-12H2,1-2H3/t15-/m0/s1. The van der Waals surface area contributed by atoms with Gasteiger partial charge in [-0.2, -0.15) is 0 Å². The minimum Gasteiger partial charge on any atom is -0.342 e. The fourth-order valence-electron chi connectivity index (χ4n) is 3.02. The van der Waals surface area contributed by atoms with Gasteiger partial charge in [0, 0.05) is 24.0 Å². The average molecular weight is 353 g/mol. The molecule has 1 aliphatic heterocycles. The van der Waals surface area contributed by atoms with E-state index in [1.807, 2.05) is 7.05 Å². The Labute approximate surface area is 136 Å². The van der Waals surface area contributed by atoms with Crippen molar-refractivity contribution in [3.05, 3.63) is 33.8 Å². The Morgan fingerprint density at radius 1 is 1.48 bits per heavy atom. The van der Waals surface area contributed by atoms with Crippen molar-refractivity contribution in [1.82, 2.24) is 10.2 Å². The summed E-state index contributed by atoms with van der Waals surface area (Å²) in [6.07, 6.45) is 3.82. The molecule has 0 aromatic heterocycles. The normalized spacial score (nSPS) is 18.8.